The van der Waals surface area contributed by atoms with Crippen LogP contribution in [0.2, 0.25) is 0 Å². The number of benzene rings is 1. The van der Waals surface area contributed by atoms with Crippen LogP contribution >= 0.6 is 0 Å². The van der Waals surface area contributed by atoms with Gasteiger partial charge in [-0.2, -0.15) is 0 Å². The molecule has 0 saturated carbocycles. The summed E-state index contributed by atoms with van der Waals surface area (Å²) in [5.74, 6) is -1.11. The fourth-order valence-electron chi connectivity index (χ4n) is 1.48. The molecule has 1 unspecified atom stereocenters. The summed E-state index contributed by atoms with van der Waals surface area (Å²) in [5.41, 5.74) is 5.31. The van der Waals surface area contributed by atoms with Gasteiger partial charge >= 0.3 is 0 Å². The topological polar surface area (TPSA) is 96.0 Å². The van der Waals surface area contributed by atoms with Crippen LogP contribution in [0, 0.1) is 11.2 Å². The molecular weight excluding hydrogens is 257 g/mol. The van der Waals surface area contributed by atoms with E-state index in [2.05, 4.69) is 4.72 Å². The number of hydrogen-bond acceptors (Lipinski definition) is 3. The van der Waals surface area contributed by atoms with E-state index in [1.165, 1.54) is 18.2 Å². The highest BCUT2D eigenvalue weighted by Crippen LogP contribution is 2.14. The van der Waals surface area contributed by atoms with Crippen molar-refractivity contribution in [3.63, 3.8) is 0 Å². The first-order valence-electron chi connectivity index (χ1n) is 5.49. The van der Waals surface area contributed by atoms with Crippen molar-refractivity contribution < 1.29 is 12.8 Å². The minimum absolute atomic E-state index is 0.281. The standard InChI is InChI=1S/C11H16FN3O2S/c1-2-5-9(11(13)14)15-18(16,17)10-7-4-3-6-8(10)12/h3-4,6-7,9,15H,2,5H2,1H3,(H3,13,14). The van der Waals surface area contributed by atoms with Crippen molar-refractivity contribution in [3.05, 3.63) is 30.1 Å². The molecule has 0 spiro atoms. The molecule has 0 bridgehead atoms. The second-order valence-electron chi connectivity index (χ2n) is 3.85. The molecule has 1 atom stereocenters. The van der Waals surface area contributed by atoms with Gasteiger partial charge in [-0.25, -0.2) is 17.5 Å². The van der Waals surface area contributed by atoms with E-state index in [9.17, 15) is 12.8 Å². The molecule has 100 valence electrons. The van der Waals surface area contributed by atoms with Crippen molar-refractivity contribution in [2.24, 2.45) is 5.73 Å². The SMILES string of the molecule is CCCC(NS(=O)(=O)c1ccccc1F)C(=N)N. The minimum atomic E-state index is -4.00. The summed E-state index contributed by atoms with van der Waals surface area (Å²) < 4.78 is 39.5. The van der Waals surface area contributed by atoms with E-state index in [-0.39, 0.29) is 5.84 Å². The van der Waals surface area contributed by atoms with E-state index in [0.717, 1.165) is 6.07 Å². The molecule has 1 aromatic rings. The largest absolute Gasteiger partial charge is 0.386 e. The Kier molecular flexibility index (Phi) is 4.80. The molecule has 1 rings (SSSR count). The monoisotopic (exact) mass is 273 g/mol. The first kappa shape index (κ1) is 14.6. The third-order valence-electron chi connectivity index (χ3n) is 2.38. The summed E-state index contributed by atoms with van der Waals surface area (Å²) in [6.45, 7) is 1.84. The lowest BCUT2D eigenvalue weighted by Crippen LogP contribution is -2.44. The van der Waals surface area contributed by atoms with Crippen LogP contribution < -0.4 is 10.5 Å². The van der Waals surface area contributed by atoms with Gasteiger partial charge in [-0.1, -0.05) is 25.5 Å². The van der Waals surface area contributed by atoms with Crippen LogP contribution in [0.4, 0.5) is 4.39 Å². The highest BCUT2D eigenvalue weighted by atomic mass is 32.2. The first-order valence-corrected chi connectivity index (χ1v) is 6.97. The van der Waals surface area contributed by atoms with E-state index in [0.29, 0.717) is 12.8 Å². The Morgan fingerprint density at radius 2 is 2.11 bits per heavy atom. The fraction of sp³-hybridized carbons (Fsp3) is 0.364. The number of amidine groups is 1. The van der Waals surface area contributed by atoms with Gasteiger partial charge in [0, 0.05) is 0 Å². The quantitative estimate of drug-likeness (QED) is 0.537. The highest BCUT2D eigenvalue weighted by molar-refractivity contribution is 7.89. The van der Waals surface area contributed by atoms with Crippen LogP contribution in [0.5, 0.6) is 0 Å². The Bertz CT molecular complexity index is 531. The fourth-order valence-corrected chi connectivity index (χ4v) is 2.81. The molecule has 5 nitrogen and oxygen atoms in total. The van der Waals surface area contributed by atoms with Gasteiger partial charge in [-0.3, -0.25) is 5.41 Å². The third kappa shape index (κ3) is 3.51. The van der Waals surface area contributed by atoms with Crippen LogP contribution in [0.3, 0.4) is 0 Å². The maximum absolute atomic E-state index is 13.4. The highest BCUT2D eigenvalue weighted by Gasteiger charge is 2.23. The van der Waals surface area contributed by atoms with E-state index in [4.69, 9.17) is 11.1 Å². The molecule has 0 aliphatic heterocycles. The van der Waals surface area contributed by atoms with Gasteiger partial charge in [0.1, 0.15) is 16.5 Å². The number of nitrogens with one attached hydrogen (secondary N) is 2. The lowest BCUT2D eigenvalue weighted by molar-refractivity contribution is 0.546. The molecule has 0 fully saturated rings. The molecule has 0 aliphatic carbocycles. The summed E-state index contributed by atoms with van der Waals surface area (Å²) in [6.07, 6.45) is 1.05. The minimum Gasteiger partial charge on any atom is -0.386 e. The molecule has 0 saturated heterocycles. The average Bonchev–Trinajstić information content (AvgIpc) is 2.28. The molecule has 4 N–H and O–H groups in total. The number of sulfonamides is 1. The lowest BCUT2D eigenvalue weighted by atomic mass is 10.2. The molecular formula is C11H16FN3O2S. The summed E-state index contributed by atoms with van der Waals surface area (Å²) >= 11 is 0. The van der Waals surface area contributed by atoms with E-state index < -0.39 is 26.8 Å². The van der Waals surface area contributed by atoms with Crippen molar-refractivity contribution in [1.82, 2.24) is 4.72 Å². The van der Waals surface area contributed by atoms with Crippen molar-refractivity contribution in [2.45, 2.75) is 30.7 Å². The third-order valence-corrected chi connectivity index (χ3v) is 3.88. The van der Waals surface area contributed by atoms with Crippen molar-refractivity contribution in [3.8, 4) is 0 Å². The van der Waals surface area contributed by atoms with Gasteiger partial charge in [0.25, 0.3) is 0 Å². The Morgan fingerprint density at radius 3 is 2.61 bits per heavy atom. The molecule has 0 radical (unpaired) electrons. The Balaban J connectivity index is 3.01. The Morgan fingerprint density at radius 1 is 1.50 bits per heavy atom. The van der Waals surface area contributed by atoms with Gasteiger partial charge in [0.05, 0.1) is 6.04 Å². The summed E-state index contributed by atoms with van der Waals surface area (Å²) in [7, 11) is -4.00. The van der Waals surface area contributed by atoms with Crippen molar-refractivity contribution in [2.75, 3.05) is 0 Å². The predicted molar refractivity (Wildman–Crippen MR) is 67.3 cm³/mol. The average molecular weight is 273 g/mol. The maximum atomic E-state index is 13.4. The van der Waals surface area contributed by atoms with Crippen LogP contribution in [0.1, 0.15) is 19.8 Å². The lowest BCUT2D eigenvalue weighted by Gasteiger charge is -2.16. The van der Waals surface area contributed by atoms with Gasteiger partial charge in [0.2, 0.25) is 10.0 Å². The predicted octanol–water partition coefficient (Wildman–Crippen LogP) is 1.21. The first-order chi connectivity index (χ1) is 8.38. The zero-order valence-corrected chi connectivity index (χ0v) is 10.8. The van der Waals surface area contributed by atoms with E-state index in [1.54, 1.807) is 0 Å². The van der Waals surface area contributed by atoms with Crippen LogP contribution in [-0.4, -0.2) is 20.3 Å². The summed E-state index contributed by atoms with van der Waals surface area (Å²) in [5, 5.41) is 7.31. The van der Waals surface area contributed by atoms with E-state index >= 15 is 0 Å². The molecule has 0 heterocycles. The number of halogens is 1. The van der Waals surface area contributed by atoms with E-state index in [1.807, 2.05) is 6.92 Å². The maximum Gasteiger partial charge on any atom is 0.244 e. The van der Waals surface area contributed by atoms with Crippen LogP contribution in [-0.2, 0) is 10.0 Å². The second kappa shape index (κ2) is 5.92. The zero-order chi connectivity index (χ0) is 13.8. The van der Waals surface area contributed by atoms with Gasteiger partial charge in [-0.15, -0.1) is 0 Å². The molecule has 0 aromatic heterocycles. The number of rotatable bonds is 6. The Hall–Kier alpha value is -1.47. The molecule has 1 aromatic carbocycles. The molecule has 7 heteroatoms. The molecule has 0 aliphatic rings. The molecule has 0 amide bonds. The summed E-state index contributed by atoms with van der Waals surface area (Å²) in [6, 6.07) is 4.26. The normalized spacial score (nSPS) is 13.2. The Labute approximate surface area is 106 Å². The van der Waals surface area contributed by atoms with Gasteiger partial charge < -0.3 is 5.73 Å². The van der Waals surface area contributed by atoms with Gasteiger partial charge in [0.15, 0.2) is 0 Å². The van der Waals surface area contributed by atoms with Crippen LogP contribution in [0.15, 0.2) is 29.2 Å². The number of hydrogen-bond donors (Lipinski definition) is 3. The summed E-state index contributed by atoms with van der Waals surface area (Å²) in [4.78, 5) is -0.438. The number of nitrogens with two attached hydrogens (primary N) is 1. The smallest absolute Gasteiger partial charge is 0.244 e. The zero-order valence-electron chi connectivity index (χ0n) is 9.98. The van der Waals surface area contributed by atoms with Crippen LogP contribution in [0.25, 0.3) is 0 Å². The van der Waals surface area contributed by atoms with Gasteiger partial charge in [-0.05, 0) is 18.6 Å². The van der Waals surface area contributed by atoms with Crippen molar-refractivity contribution >= 4 is 15.9 Å². The second-order valence-corrected chi connectivity index (χ2v) is 5.53. The van der Waals surface area contributed by atoms with Crippen molar-refractivity contribution in [1.29, 1.82) is 5.41 Å². The molecule has 18 heavy (non-hydrogen) atoms.